The monoisotopic (exact) mass is 662 g/mol. The molecule has 0 amide bonds. The van der Waals surface area contributed by atoms with Gasteiger partial charge in [-0.25, -0.2) is 0 Å². The number of benzene rings is 2. The Bertz CT molecular complexity index is 1220. The third-order valence-corrected chi connectivity index (χ3v) is 13.9. The molecule has 7 fully saturated rings. The highest BCUT2D eigenvalue weighted by atomic mass is 127. The topological polar surface area (TPSA) is 6.48 Å². The molecule has 0 N–H and O–H groups in total. The normalized spacial score (nSPS) is 34.5. The minimum atomic E-state index is 0.453. The molecule has 2 nitrogen and oxygen atoms in total. The molecular weight excluding hydrogens is 611 g/mol. The van der Waals surface area contributed by atoms with Crippen molar-refractivity contribution in [2.75, 3.05) is 31.1 Å². The Morgan fingerprint density at radius 1 is 0.756 bits per heavy atom. The van der Waals surface area contributed by atoms with Gasteiger partial charge in [-0.2, -0.15) is 0 Å². The van der Waals surface area contributed by atoms with Gasteiger partial charge in [0.05, 0.1) is 5.69 Å². The second-order valence-electron chi connectivity index (χ2n) is 15.5. The Hall–Kier alpha value is -1.07. The van der Waals surface area contributed by atoms with Crippen molar-refractivity contribution in [3.8, 4) is 0 Å². The molecule has 220 valence electrons. The molecule has 1 saturated heterocycles. The van der Waals surface area contributed by atoms with E-state index < -0.39 is 0 Å². The van der Waals surface area contributed by atoms with Crippen LogP contribution in [0.3, 0.4) is 0 Å². The Kier molecular flexibility index (Phi) is 7.46. The number of piperazine rings is 1. The van der Waals surface area contributed by atoms with E-state index in [0.717, 1.165) is 30.2 Å². The molecule has 2 atom stereocenters. The number of halogens is 1. The lowest BCUT2D eigenvalue weighted by molar-refractivity contribution is -0.102. The molecule has 7 aliphatic rings. The summed E-state index contributed by atoms with van der Waals surface area (Å²) in [5.41, 5.74) is 7.46. The minimum absolute atomic E-state index is 0.453. The molecule has 6 aliphatic carbocycles. The lowest BCUT2D eigenvalue weighted by atomic mass is 9.40. The predicted octanol–water partition coefficient (Wildman–Crippen LogP) is 9.36. The molecule has 0 aromatic heterocycles. The van der Waals surface area contributed by atoms with E-state index >= 15 is 0 Å². The van der Waals surface area contributed by atoms with Crippen LogP contribution < -0.4 is 4.90 Å². The second-order valence-corrected chi connectivity index (χ2v) is 16.7. The molecule has 3 heteroatoms. The van der Waals surface area contributed by atoms with E-state index in [1.807, 2.05) is 0 Å². The molecule has 1 heterocycles. The number of anilines is 1. The fourth-order valence-electron chi connectivity index (χ4n) is 11.8. The molecule has 2 aromatic rings. The summed E-state index contributed by atoms with van der Waals surface area (Å²) in [5.74, 6) is 3.01. The Morgan fingerprint density at radius 3 is 2.20 bits per heavy atom. The van der Waals surface area contributed by atoms with Crippen molar-refractivity contribution in [3.63, 3.8) is 0 Å². The van der Waals surface area contributed by atoms with Crippen LogP contribution in [0.1, 0.15) is 113 Å². The SMILES string of the molecule is Ic1cc(Cc2ccccc2C23CC4CC(C2)CC(C2CCCC2)(C4)C3)ccc1N1CCN(C2CCCCC2)CC1. The predicted molar refractivity (Wildman–Crippen MR) is 180 cm³/mol. The Labute approximate surface area is 263 Å². The van der Waals surface area contributed by atoms with Crippen molar-refractivity contribution in [1.29, 1.82) is 0 Å². The van der Waals surface area contributed by atoms with E-state index in [1.54, 1.807) is 24.0 Å². The van der Waals surface area contributed by atoms with E-state index in [2.05, 4.69) is 74.9 Å². The van der Waals surface area contributed by atoms with Crippen LogP contribution >= 0.6 is 22.6 Å². The molecule has 1 aliphatic heterocycles. The van der Waals surface area contributed by atoms with Crippen molar-refractivity contribution in [2.45, 2.75) is 114 Å². The summed E-state index contributed by atoms with van der Waals surface area (Å²) in [6.45, 7) is 4.84. The molecule has 0 spiro atoms. The first-order valence-electron chi connectivity index (χ1n) is 17.5. The Balaban J connectivity index is 1.00. The van der Waals surface area contributed by atoms with Crippen LogP contribution in [-0.4, -0.2) is 37.1 Å². The lowest BCUT2D eigenvalue weighted by Gasteiger charge is -2.64. The first kappa shape index (κ1) is 27.5. The fraction of sp³-hybridized carbons (Fsp3) is 0.684. The number of nitrogens with zero attached hydrogens (tertiary/aromatic N) is 2. The van der Waals surface area contributed by atoms with Crippen molar-refractivity contribution in [3.05, 3.63) is 62.7 Å². The van der Waals surface area contributed by atoms with Crippen LogP contribution in [0.4, 0.5) is 5.69 Å². The molecule has 9 rings (SSSR count). The van der Waals surface area contributed by atoms with Crippen molar-refractivity contribution in [1.82, 2.24) is 4.90 Å². The molecule has 0 radical (unpaired) electrons. The van der Waals surface area contributed by atoms with Gasteiger partial charge in [-0.15, -0.1) is 0 Å². The zero-order chi connectivity index (χ0) is 27.4. The largest absolute Gasteiger partial charge is 0.368 e. The number of rotatable bonds is 6. The first-order valence-corrected chi connectivity index (χ1v) is 18.5. The van der Waals surface area contributed by atoms with Gasteiger partial charge in [-0.3, -0.25) is 4.90 Å². The summed E-state index contributed by atoms with van der Waals surface area (Å²) in [6.07, 6.45) is 23.4. The average molecular weight is 663 g/mol. The van der Waals surface area contributed by atoms with Gasteiger partial charge in [0.15, 0.2) is 0 Å². The van der Waals surface area contributed by atoms with E-state index in [1.165, 1.54) is 124 Å². The highest BCUT2D eigenvalue weighted by molar-refractivity contribution is 14.1. The van der Waals surface area contributed by atoms with Gasteiger partial charge in [0.1, 0.15) is 0 Å². The van der Waals surface area contributed by atoms with E-state index in [4.69, 9.17) is 0 Å². The van der Waals surface area contributed by atoms with Crippen LogP contribution in [-0.2, 0) is 11.8 Å². The molecule has 6 saturated carbocycles. The summed E-state index contributed by atoms with van der Waals surface area (Å²) in [7, 11) is 0. The zero-order valence-corrected chi connectivity index (χ0v) is 27.4. The minimum Gasteiger partial charge on any atom is -0.368 e. The molecular formula is C38H51IN2. The summed E-state index contributed by atoms with van der Waals surface area (Å²) in [6, 6.07) is 18.0. The fourth-order valence-corrected chi connectivity index (χ4v) is 12.7. The van der Waals surface area contributed by atoms with Gasteiger partial charge in [0.25, 0.3) is 0 Å². The highest BCUT2D eigenvalue weighted by Gasteiger charge is 2.60. The van der Waals surface area contributed by atoms with Crippen molar-refractivity contribution < 1.29 is 0 Å². The lowest BCUT2D eigenvalue weighted by Crippen LogP contribution is -2.56. The molecule has 4 bridgehead atoms. The Morgan fingerprint density at radius 2 is 1.46 bits per heavy atom. The van der Waals surface area contributed by atoms with Crippen LogP contribution in [0.2, 0.25) is 0 Å². The van der Waals surface area contributed by atoms with Crippen LogP contribution in [0.5, 0.6) is 0 Å². The van der Waals surface area contributed by atoms with Gasteiger partial charge in [0.2, 0.25) is 0 Å². The molecule has 2 unspecified atom stereocenters. The third kappa shape index (κ3) is 5.11. The third-order valence-electron chi connectivity index (χ3n) is 13.1. The van der Waals surface area contributed by atoms with Crippen LogP contribution in [0, 0.1) is 26.7 Å². The van der Waals surface area contributed by atoms with Gasteiger partial charge >= 0.3 is 0 Å². The molecule has 2 aromatic carbocycles. The number of hydrogen-bond acceptors (Lipinski definition) is 2. The molecule has 41 heavy (non-hydrogen) atoms. The maximum atomic E-state index is 2.80. The smallest absolute Gasteiger partial charge is 0.0502 e. The standard InChI is InChI=1S/C38H51IN2/c39-35-22-28(14-15-36(35)41-18-16-40(17-19-41)33-11-2-1-3-12-33)21-31-8-4-7-13-34(31)38-25-29-20-30(26-38)24-37(23-29,27-38)32-9-5-6-10-32/h4,7-8,13-15,22,29-30,32-33H,1-3,5-6,9-12,16-21,23-27H2. The zero-order valence-electron chi connectivity index (χ0n) is 25.3. The van der Waals surface area contributed by atoms with Crippen molar-refractivity contribution in [2.24, 2.45) is 23.2 Å². The average Bonchev–Trinajstić information content (AvgIpc) is 3.54. The highest BCUT2D eigenvalue weighted by Crippen LogP contribution is 2.69. The van der Waals surface area contributed by atoms with Gasteiger partial charge in [-0.1, -0.05) is 62.4 Å². The maximum Gasteiger partial charge on any atom is 0.0502 e. The van der Waals surface area contributed by atoms with E-state index in [-0.39, 0.29) is 0 Å². The second kappa shape index (κ2) is 11.1. The van der Waals surface area contributed by atoms with E-state index in [9.17, 15) is 0 Å². The van der Waals surface area contributed by atoms with Gasteiger partial charge in [-0.05, 0) is 151 Å². The summed E-state index contributed by atoms with van der Waals surface area (Å²) >= 11 is 2.63. The van der Waals surface area contributed by atoms with Crippen LogP contribution in [0.25, 0.3) is 0 Å². The van der Waals surface area contributed by atoms with Crippen LogP contribution in [0.15, 0.2) is 42.5 Å². The summed E-state index contributed by atoms with van der Waals surface area (Å²) in [4.78, 5) is 5.46. The quantitative estimate of drug-likeness (QED) is 0.285. The summed E-state index contributed by atoms with van der Waals surface area (Å²) in [5, 5.41) is 0. The first-order chi connectivity index (χ1) is 20.1. The maximum absolute atomic E-state index is 2.80. The van der Waals surface area contributed by atoms with Gasteiger partial charge < -0.3 is 4.90 Å². The number of hydrogen-bond donors (Lipinski definition) is 0. The van der Waals surface area contributed by atoms with Crippen molar-refractivity contribution >= 4 is 28.3 Å². The van der Waals surface area contributed by atoms with Gasteiger partial charge in [0, 0.05) is 35.8 Å². The summed E-state index contributed by atoms with van der Waals surface area (Å²) < 4.78 is 1.44. The van der Waals surface area contributed by atoms with E-state index in [0.29, 0.717) is 10.8 Å².